The van der Waals surface area contributed by atoms with Gasteiger partial charge < -0.3 is 10.3 Å². The van der Waals surface area contributed by atoms with Crippen molar-refractivity contribution in [3.63, 3.8) is 0 Å². The average Bonchev–Trinajstić information content (AvgIpc) is 2.17. The number of aliphatic hydroxyl groups excluding tert-OH is 1. The Morgan fingerprint density at radius 1 is 1.23 bits per heavy atom. The fourth-order valence-electron chi connectivity index (χ4n) is 1.13. The molecule has 0 saturated carbocycles. The topological polar surface area (TPSA) is 43.7 Å². The van der Waals surface area contributed by atoms with Crippen LogP contribution in [-0.2, 0) is 0 Å². The lowest BCUT2D eigenvalue weighted by atomic mass is 10.0. The smallest absolute Gasteiger partial charge is 0.0965 e. The molecular formula is C10H15NO2. The largest absolute Gasteiger partial charge is 0.387 e. The summed E-state index contributed by atoms with van der Waals surface area (Å²) in [6.07, 6.45) is -0.656. The van der Waals surface area contributed by atoms with E-state index in [0.717, 1.165) is 10.6 Å². The summed E-state index contributed by atoms with van der Waals surface area (Å²) in [4.78, 5) is 0. The van der Waals surface area contributed by atoms with Gasteiger partial charge in [0.25, 0.3) is 0 Å². The van der Waals surface area contributed by atoms with Crippen molar-refractivity contribution in [2.45, 2.75) is 19.1 Å². The van der Waals surface area contributed by atoms with Crippen LogP contribution in [0.4, 0.5) is 0 Å². The van der Waals surface area contributed by atoms with Crippen LogP contribution in [0.3, 0.4) is 0 Å². The summed E-state index contributed by atoms with van der Waals surface area (Å²) in [7, 11) is 1.52. The molecule has 0 aliphatic carbocycles. The molecule has 0 radical (unpaired) electrons. The molecule has 1 aromatic carbocycles. The highest BCUT2D eigenvalue weighted by Gasteiger charge is 2.18. The zero-order valence-electron chi connectivity index (χ0n) is 7.88. The van der Waals surface area contributed by atoms with Crippen molar-refractivity contribution < 1.29 is 10.3 Å². The Morgan fingerprint density at radius 3 is 2.23 bits per heavy atom. The Hall–Kier alpha value is -0.900. The van der Waals surface area contributed by atoms with Crippen LogP contribution in [-0.4, -0.2) is 28.5 Å². The van der Waals surface area contributed by atoms with Gasteiger partial charge in [0.1, 0.15) is 0 Å². The van der Waals surface area contributed by atoms with Crippen LogP contribution in [0.25, 0.3) is 0 Å². The predicted octanol–water partition coefficient (Wildman–Crippen LogP) is 1.43. The lowest BCUT2D eigenvalue weighted by Crippen LogP contribution is -2.31. The quantitative estimate of drug-likeness (QED) is 0.693. The van der Waals surface area contributed by atoms with Crippen LogP contribution >= 0.6 is 0 Å². The number of nitrogens with zero attached hydrogens (tertiary/aromatic N) is 1. The average molecular weight is 181 g/mol. The monoisotopic (exact) mass is 181 g/mol. The molecule has 0 saturated heterocycles. The van der Waals surface area contributed by atoms with Crippen LogP contribution in [0, 0.1) is 0 Å². The summed E-state index contributed by atoms with van der Waals surface area (Å²) >= 11 is 0. The Balaban J connectivity index is 2.73. The van der Waals surface area contributed by atoms with Gasteiger partial charge >= 0.3 is 0 Å². The molecule has 0 spiro atoms. The second-order valence-electron chi connectivity index (χ2n) is 3.17. The molecule has 0 bridgehead atoms. The summed E-state index contributed by atoms with van der Waals surface area (Å²) in [5.41, 5.74) is 0.816. The van der Waals surface area contributed by atoms with Crippen LogP contribution < -0.4 is 0 Å². The van der Waals surface area contributed by atoms with Crippen molar-refractivity contribution in [1.82, 2.24) is 5.06 Å². The molecule has 0 aliphatic heterocycles. The minimum Gasteiger partial charge on any atom is -0.387 e. The maximum Gasteiger partial charge on any atom is 0.0965 e. The van der Waals surface area contributed by atoms with Crippen molar-refractivity contribution in [2.75, 3.05) is 7.05 Å². The van der Waals surface area contributed by atoms with E-state index in [4.69, 9.17) is 5.21 Å². The second-order valence-corrected chi connectivity index (χ2v) is 3.17. The molecule has 0 aromatic heterocycles. The van der Waals surface area contributed by atoms with Gasteiger partial charge in [-0.3, -0.25) is 0 Å². The minimum atomic E-state index is -0.656. The first kappa shape index (κ1) is 10.2. The molecule has 3 heteroatoms. The van der Waals surface area contributed by atoms with Crippen LogP contribution in [0.1, 0.15) is 18.6 Å². The van der Waals surface area contributed by atoms with E-state index in [2.05, 4.69) is 0 Å². The van der Waals surface area contributed by atoms with Crippen LogP contribution in [0.15, 0.2) is 30.3 Å². The van der Waals surface area contributed by atoms with Gasteiger partial charge in [0.2, 0.25) is 0 Å². The highest BCUT2D eigenvalue weighted by Crippen LogP contribution is 2.18. The van der Waals surface area contributed by atoms with E-state index in [1.165, 1.54) is 7.05 Å². The number of rotatable bonds is 3. The SMILES string of the molecule is C[C@H]([C@@H](O)c1ccccc1)N(C)O. The lowest BCUT2D eigenvalue weighted by Gasteiger charge is -2.23. The number of hydroxylamine groups is 2. The zero-order valence-corrected chi connectivity index (χ0v) is 7.88. The Bertz CT molecular complexity index is 248. The third kappa shape index (κ3) is 2.52. The van der Waals surface area contributed by atoms with E-state index in [9.17, 15) is 5.11 Å². The van der Waals surface area contributed by atoms with E-state index in [0.29, 0.717) is 0 Å². The third-order valence-corrected chi connectivity index (χ3v) is 2.19. The molecular weight excluding hydrogens is 166 g/mol. The Labute approximate surface area is 78.2 Å². The van der Waals surface area contributed by atoms with E-state index in [1.807, 2.05) is 30.3 Å². The normalized spacial score (nSPS) is 15.8. The van der Waals surface area contributed by atoms with Crippen molar-refractivity contribution in [3.05, 3.63) is 35.9 Å². The molecule has 0 aliphatic rings. The molecule has 2 atom stereocenters. The van der Waals surface area contributed by atoms with Gasteiger partial charge in [0.15, 0.2) is 0 Å². The van der Waals surface area contributed by atoms with Gasteiger partial charge in [0, 0.05) is 7.05 Å². The fourth-order valence-corrected chi connectivity index (χ4v) is 1.13. The van der Waals surface area contributed by atoms with E-state index >= 15 is 0 Å². The number of benzene rings is 1. The summed E-state index contributed by atoms with van der Waals surface area (Å²) in [5, 5.41) is 19.9. The van der Waals surface area contributed by atoms with Gasteiger partial charge in [-0.25, -0.2) is 0 Å². The number of hydrogen-bond acceptors (Lipinski definition) is 3. The minimum absolute atomic E-state index is 0.303. The van der Waals surface area contributed by atoms with E-state index < -0.39 is 6.10 Å². The molecule has 0 amide bonds. The van der Waals surface area contributed by atoms with E-state index in [-0.39, 0.29) is 6.04 Å². The highest BCUT2D eigenvalue weighted by molar-refractivity contribution is 5.18. The van der Waals surface area contributed by atoms with E-state index in [1.54, 1.807) is 6.92 Å². The highest BCUT2D eigenvalue weighted by atomic mass is 16.5. The van der Waals surface area contributed by atoms with Gasteiger partial charge in [-0.1, -0.05) is 30.3 Å². The Kier molecular flexibility index (Phi) is 3.42. The predicted molar refractivity (Wildman–Crippen MR) is 50.4 cm³/mol. The molecule has 0 unspecified atom stereocenters. The molecule has 72 valence electrons. The second kappa shape index (κ2) is 4.37. The van der Waals surface area contributed by atoms with Crippen molar-refractivity contribution in [1.29, 1.82) is 0 Å². The van der Waals surface area contributed by atoms with Gasteiger partial charge in [0.05, 0.1) is 12.1 Å². The summed E-state index contributed by atoms with van der Waals surface area (Å²) in [5.74, 6) is 0. The third-order valence-electron chi connectivity index (χ3n) is 2.19. The molecule has 1 rings (SSSR count). The summed E-state index contributed by atoms with van der Waals surface area (Å²) in [6, 6.07) is 8.99. The number of hydrogen-bond donors (Lipinski definition) is 2. The van der Waals surface area contributed by atoms with Crippen LogP contribution in [0.5, 0.6) is 0 Å². The molecule has 0 fully saturated rings. The molecule has 1 aromatic rings. The molecule has 13 heavy (non-hydrogen) atoms. The summed E-state index contributed by atoms with van der Waals surface area (Å²) in [6.45, 7) is 1.76. The van der Waals surface area contributed by atoms with Crippen molar-refractivity contribution in [2.24, 2.45) is 0 Å². The first-order valence-electron chi connectivity index (χ1n) is 4.27. The van der Waals surface area contributed by atoms with Gasteiger partial charge in [-0.15, -0.1) is 0 Å². The van der Waals surface area contributed by atoms with Crippen molar-refractivity contribution in [3.8, 4) is 0 Å². The number of aliphatic hydroxyl groups is 1. The molecule has 2 N–H and O–H groups in total. The van der Waals surface area contributed by atoms with Crippen LogP contribution in [0.2, 0.25) is 0 Å². The maximum absolute atomic E-state index is 9.76. The fraction of sp³-hybridized carbons (Fsp3) is 0.400. The van der Waals surface area contributed by atoms with Gasteiger partial charge in [-0.2, -0.15) is 5.06 Å². The number of likely N-dealkylation sites (N-methyl/N-ethyl adjacent to an activating group) is 1. The first-order valence-corrected chi connectivity index (χ1v) is 4.27. The zero-order chi connectivity index (χ0) is 9.84. The van der Waals surface area contributed by atoms with Crippen molar-refractivity contribution >= 4 is 0 Å². The standard InChI is InChI=1S/C10H15NO2/c1-8(11(2)13)10(12)9-6-4-3-5-7-9/h3-8,10,12-13H,1-2H3/t8-,10-/m1/s1. The summed E-state index contributed by atoms with van der Waals surface area (Å²) < 4.78 is 0. The molecule has 3 nitrogen and oxygen atoms in total. The first-order chi connectivity index (χ1) is 6.13. The lowest BCUT2D eigenvalue weighted by molar-refractivity contribution is -0.129. The Morgan fingerprint density at radius 2 is 1.77 bits per heavy atom. The van der Waals surface area contributed by atoms with Gasteiger partial charge in [-0.05, 0) is 12.5 Å². The maximum atomic E-state index is 9.76. The molecule has 0 heterocycles.